The van der Waals surface area contributed by atoms with E-state index in [-0.39, 0.29) is 49.7 Å². The smallest absolute Gasteiger partial charge is 0.331 e. The maximum Gasteiger partial charge on any atom is 0.331 e. The van der Waals surface area contributed by atoms with E-state index in [2.05, 4.69) is 155 Å². The van der Waals surface area contributed by atoms with Crippen LogP contribution in [0, 0.1) is 17.8 Å². The SMILES string of the molecule is COCC(=O)CC1CC1c1ccccc1.COCC(=O)C[C@@H]1C[C@H]1c1ccccc1.COCC(=O)C[C@H]1C[C@@H]1c1ccccc1.COCC(=O)OC.NC1CC1c1ccccc1.N[C@@H]1C[C@H]1c1ccccc1.N[C@H]1C[C@@H]1c1ccccc1. The summed E-state index contributed by atoms with van der Waals surface area (Å²) in [6.07, 6.45) is 8.99. The second-order valence-electron chi connectivity index (χ2n) is 22.3. The first kappa shape index (κ1) is 64.7. The summed E-state index contributed by atoms with van der Waals surface area (Å²) >= 11 is 0. The molecule has 0 aromatic heterocycles. The minimum Gasteiger partial charge on any atom is -0.467 e. The fourth-order valence-corrected chi connectivity index (χ4v) is 10.4. The van der Waals surface area contributed by atoms with E-state index in [0.717, 1.165) is 19.3 Å². The zero-order valence-electron chi connectivity index (χ0n) is 48.8. The molecule has 6 aliphatic rings. The molecule has 6 N–H and O–H groups in total. The molecule has 12 atom stereocenters. The third-order valence-electron chi connectivity index (χ3n) is 15.5. The van der Waals surface area contributed by atoms with Crippen LogP contribution in [0.25, 0.3) is 0 Å². The number of rotatable bonds is 20. The van der Waals surface area contributed by atoms with Crippen LogP contribution in [-0.2, 0) is 42.9 Å². The van der Waals surface area contributed by atoms with Crippen molar-refractivity contribution >= 4 is 23.3 Å². The molecule has 12 nitrogen and oxygen atoms in total. The highest BCUT2D eigenvalue weighted by Gasteiger charge is 2.41. The van der Waals surface area contributed by atoms with E-state index >= 15 is 0 Å². The number of carbonyl (C=O) groups excluding carboxylic acids is 4. The molecular formula is C70H89N3O9. The number of ketones is 3. The Morgan fingerprint density at radius 2 is 0.512 bits per heavy atom. The Bertz CT molecular complexity index is 2470. The molecule has 12 rings (SSSR count). The normalized spacial score (nSPS) is 24.8. The maximum atomic E-state index is 11.3. The number of Topliss-reactive ketones (excluding diaryl/α,β-unsaturated/α-hetero) is 3. The lowest BCUT2D eigenvalue weighted by Gasteiger charge is -2.00. The van der Waals surface area contributed by atoms with Crippen molar-refractivity contribution in [3.05, 3.63) is 215 Å². The standard InChI is InChI=1S/3C13H16O2.3C9H11N.C4H8O3/c3*1-15-9-12(14)7-11-8-13(11)10-5-3-2-4-6-10;3*10-9-6-8(9)7-4-2-1-3-5-7;1-6-3-4(5)7-2/h3*2-6,11,13H,7-9H2,1H3;3*1-5,8-9H,6,10H2;3H2,1-2H3/t2*11-,13+;;2*8-,9+;;/m10.10../s1. The Hall–Kier alpha value is -6.48. The van der Waals surface area contributed by atoms with E-state index < -0.39 is 0 Å². The summed E-state index contributed by atoms with van der Waals surface area (Å²) in [6, 6.07) is 64.0. The molecule has 0 aliphatic heterocycles. The highest BCUT2D eigenvalue weighted by Crippen LogP contribution is 2.51. The van der Waals surface area contributed by atoms with Crippen molar-refractivity contribution in [1.29, 1.82) is 0 Å². The molecular weight excluding hydrogens is 1030 g/mol. The molecule has 0 heterocycles. The highest BCUT2D eigenvalue weighted by molar-refractivity contribution is 5.81. The Kier molecular flexibility index (Phi) is 27.5. The Morgan fingerprint density at radius 1 is 0.317 bits per heavy atom. The van der Waals surface area contributed by atoms with Gasteiger partial charge in [0.15, 0.2) is 17.3 Å². The number of ether oxygens (including phenoxy) is 5. The van der Waals surface area contributed by atoms with Gasteiger partial charge in [-0.3, -0.25) is 14.4 Å². The molecule has 0 spiro atoms. The Balaban J connectivity index is 0.000000156. The molecule has 6 aromatic carbocycles. The summed E-state index contributed by atoms with van der Waals surface area (Å²) in [4.78, 5) is 44.1. The van der Waals surface area contributed by atoms with Gasteiger partial charge in [-0.2, -0.15) is 0 Å². The molecule has 12 heteroatoms. The van der Waals surface area contributed by atoms with Crippen LogP contribution < -0.4 is 17.2 Å². The van der Waals surface area contributed by atoms with Gasteiger partial charge >= 0.3 is 5.97 Å². The first-order valence-electron chi connectivity index (χ1n) is 29.0. The Labute approximate surface area is 487 Å². The van der Waals surface area contributed by atoms with Gasteiger partial charge in [0.2, 0.25) is 0 Å². The predicted molar refractivity (Wildman–Crippen MR) is 326 cm³/mol. The van der Waals surface area contributed by atoms with Gasteiger partial charge in [-0.25, -0.2) is 4.79 Å². The third kappa shape index (κ3) is 23.8. The monoisotopic (exact) mass is 1120 g/mol. The minimum absolute atomic E-state index is 0.0382. The van der Waals surface area contributed by atoms with Gasteiger partial charge in [0, 0.05) is 83.6 Å². The van der Waals surface area contributed by atoms with Gasteiger partial charge in [-0.05, 0) is 107 Å². The quantitative estimate of drug-likeness (QED) is 0.0614. The van der Waals surface area contributed by atoms with Crippen LogP contribution in [-0.4, -0.2) is 103 Å². The van der Waals surface area contributed by atoms with E-state index in [1.165, 1.54) is 66.9 Å². The molecule has 438 valence electrons. The van der Waals surface area contributed by atoms with Crippen LogP contribution in [0.2, 0.25) is 0 Å². The zero-order chi connectivity index (χ0) is 58.6. The molecule has 0 bridgehead atoms. The first-order valence-corrected chi connectivity index (χ1v) is 29.0. The number of esters is 1. The molecule has 6 aromatic rings. The van der Waals surface area contributed by atoms with Crippen molar-refractivity contribution in [3.63, 3.8) is 0 Å². The first-order chi connectivity index (χ1) is 39.9. The fourth-order valence-electron chi connectivity index (χ4n) is 10.4. The van der Waals surface area contributed by atoms with Crippen LogP contribution in [0.15, 0.2) is 182 Å². The number of methoxy groups -OCH3 is 5. The van der Waals surface area contributed by atoms with Crippen LogP contribution in [0.1, 0.15) is 127 Å². The van der Waals surface area contributed by atoms with Crippen LogP contribution in [0.4, 0.5) is 0 Å². The van der Waals surface area contributed by atoms with Gasteiger partial charge < -0.3 is 40.9 Å². The van der Waals surface area contributed by atoms with E-state index in [4.69, 9.17) is 31.4 Å². The van der Waals surface area contributed by atoms with E-state index in [9.17, 15) is 19.2 Å². The van der Waals surface area contributed by atoms with Gasteiger partial charge in [0.05, 0.1) is 7.11 Å². The van der Waals surface area contributed by atoms with Crippen LogP contribution >= 0.6 is 0 Å². The number of hydrogen-bond donors (Lipinski definition) is 3. The lowest BCUT2D eigenvalue weighted by Crippen LogP contribution is -2.07. The van der Waals surface area contributed by atoms with E-state index in [1.807, 2.05) is 36.4 Å². The summed E-state index contributed by atoms with van der Waals surface area (Å²) in [7, 11) is 7.47. The summed E-state index contributed by atoms with van der Waals surface area (Å²) in [6.45, 7) is 0.824. The summed E-state index contributed by atoms with van der Waals surface area (Å²) in [5.41, 5.74) is 25.4. The lowest BCUT2D eigenvalue weighted by atomic mass is 10.1. The second kappa shape index (κ2) is 34.8. The third-order valence-corrected chi connectivity index (χ3v) is 15.5. The van der Waals surface area contributed by atoms with Crippen molar-refractivity contribution in [3.8, 4) is 0 Å². The molecule has 6 aliphatic carbocycles. The molecule has 0 radical (unpaired) electrons. The van der Waals surface area contributed by atoms with Gasteiger partial charge in [0.1, 0.15) is 26.4 Å². The van der Waals surface area contributed by atoms with Gasteiger partial charge in [0.25, 0.3) is 0 Å². The molecule has 6 fully saturated rings. The molecule has 0 saturated heterocycles. The number of benzene rings is 6. The molecule has 6 saturated carbocycles. The predicted octanol–water partition coefficient (Wildman–Crippen LogP) is 11.5. The van der Waals surface area contributed by atoms with Crippen LogP contribution in [0.3, 0.4) is 0 Å². The minimum atomic E-state index is -0.345. The Morgan fingerprint density at radius 3 is 0.671 bits per heavy atom. The van der Waals surface area contributed by atoms with Crippen molar-refractivity contribution in [2.45, 2.75) is 111 Å². The highest BCUT2D eigenvalue weighted by atomic mass is 16.6. The van der Waals surface area contributed by atoms with E-state index in [0.29, 0.717) is 90.6 Å². The molecule has 4 unspecified atom stereocenters. The van der Waals surface area contributed by atoms with Gasteiger partial charge in [-0.15, -0.1) is 0 Å². The summed E-state index contributed by atoms with van der Waals surface area (Å²) in [5.74, 6) is 5.75. The lowest BCUT2D eigenvalue weighted by molar-refractivity contribution is -0.144. The van der Waals surface area contributed by atoms with Crippen molar-refractivity contribution in [1.82, 2.24) is 0 Å². The average molecular weight is 1120 g/mol. The topological polar surface area (TPSA) is 192 Å². The number of hydrogen-bond acceptors (Lipinski definition) is 12. The fraction of sp³-hybridized carbons (Fsp3) is 0.429. The van der Waals surface area contributed by atoms with Gasteiger partial charge in [-0.1, -0.05) is 182 Å². The molecule has 82 heavy (non-hydrogen) atoms. The summed E-state index contributed by atoms with van der Waals surface area (Å²) in [5, 5.41) is 0. The van der Waals surface area contributed by atoms with Crippen molar-refractivity contribution in [2.75, 3.05) is 62.0 Å². The summed E-state index contributed by atoms with van der Waals surface area (Å²) < 4.78 is 23.1. The maximum absolute atomic E-state index is 11.3. The van der Waals surface area contributed by atoms with E-state index in [1.54, 1.807) is 21.3 Å². The van der Waals surface area contributed by atoms with Crippen LogP contribution in [0.5, 0.6) is 0 Å². The number of carbonyl (C=O) groups is 4. The zero-order valence-corrected chi connectivity index (χ0v) is 48.8. The second-order valence-corrected chi connectivity index (χ2v) is 22.3. The average Bonchev–Trinajstić information content (AvgIpc) is 4.42. The number of nitrogens with two attached hydrogens (primary N) is 3. The largest absolute Gasteiger partial charge is 0.467 e. The molecule has 0 amide bonds. The van der Waals surface area contributed by atoms with Crippen molar-refractivity contribution < 1.29 is 42.9 Å². The van der Waals surface area contributed by atoms with Crippen molar-refractivity contribution in [2.24, 2.45) is 35.0 Å².